The molecule has 0 aliphatic carbocycles. The number of aryl methyl sites for hydroxylation is 1. The number of likely N-dealkylation sites (tertiary alicyclic amines) is 1. The molecule has 0 bridgehead atoms. The Bertz CT molecular complexity index is 724. The SMILES string of the molecule is CCc1ccc(C(=O)N2CC(C(=O)O)C(c3ccccc3)C2)cc1. The molecule has 0 radical (unpaired) electrons. The standard InChI is InChI=1S/C20H21NO3/c1-2-14-8-10-16(11-9-14)19(22)21-12-17(18(13-21)20(23)24)15-6-4-3-5-7-15/h3-11,17-18H,2,12-13H2,1H3,(H,23,24). The summed E-state index contributed by atoms with van der Waals surface area (Å²) in [5, 5.41) is 9.55. The lowest BCUT2D eigenvalue weighted by atomic mass is 9.89. The van der Waals surface area contributed by atoms with Crippen LogP contribution in [-0.4, -0.2) is 35.0 Å². The van der Waals surface area contributed by atoms with Gasteiger partial charge in [0.2, 0.25) is 0 Å². The number of carbonyl (C=O) groups is 2. The molecule has 0 aromatic heterocycles. The topological polar surface area (TPSA) is 57.6 Å². The van der Waals surface area contributed by atoms with E-state index in [2.05, 4.69) is 6.92 Å². The van der Waals surface area contributed by atoms with E-state index in [1.807, 2.05) is 54.6 Å². The predicted molar refractivity (Wildman–Crippen MR) is 92.0 cm³/mol. The molecule has 3 rings (SSSR count). The highest BCUT2D eigenvalue weighted by atomic mass is 16.4. The van der Waals surface area contributed by atoms with Crippen molar-refractivity contribution >= 4 is 11.9 Å². The molecule has 4 heteroatoms. The lowest BCUT2D eigenvalue weighted by Crippen LogP contribution is -2.29. The molecule has 1 fully saturated rings. The fourth-order valence-electron chi connectivity index (χ4n) is 3.32. The highest BCUT2D eigenvalue weighted by Crippen LogP contribution is 2.33. The van der Waals surface area contributed by atoms with Crippen LogP contribution in [0.2, 0.25) is 0 Å². The van der Waals surface area contributed by atoms with Crippen molar-refractivity contribution < 1.29 is 14.7 Å². The zero-order valence-electron chi connectivity index (χ0n) is 13.7. The van der Waals surface area contributed by atoms with Crippen molar-refractivity contribution in [2.75, 3.05) is 13.1 Å². The smallest absolute Gasteiger partial charge is 0.308 e. The number of hydrogen-bond donors (Lipinski definition) is 1. The number of carboxylic acids is 1. The highest BCUT2D eigenvalue weighted by molar-refractivity contribution is 5.95. The number of carboxylic acid groups (broad SMARTS) is 1. The minimum absolute atomic E-state index is 0.0951. The number of carbonyl (C=O) groups excluding carboxylic acids is 1. The van der Waals surface area contributed by atoms with Crippen LogP contribution in [0.1, 0.15) is 34.3 Å². The van der Waals surface area contributed by atoms with Crippen molar-refractivity contribution in [3.05, 3.63) is 71.3 Å². The molecule has 1 N–H and O–H groups in total. The van der Waals surface area contributed by atoms with Gasteiger partial charge >= 0.3 is 5.97 Å². The first-order valence-corrected chi connectivity index (χ1v) is 8.26. The molecule has 1 heterocycles. The summed E-state index contributed by atoms with van der Waals surface area (Å²) in [6.45, 7) is 2.76. The largest absolute Gasteiger partial charge is 0.481 e. The molecule has 1 aliphatic heterocycles. The molecule has 2 unspecified atom stereocenters. The van der Waals surface area contributed by atoms with Gasteiger partial charge in [0.25, 0.3) is 5.91 Å². The third-order valence-corrected chi connectivity index (χ3v) is 4.76. The van der Waals surface area contributed by atoms with E-state index in [0.29, 0.717) is 12.1 Å². The van der Waals surface area contributed by atoms with Crippen LogP contribution in [0.25, 0.3) is 0 Å². The zero-order valence-corrected chi connectivity index (χ0v) is 13.7. The maximum absolute atomic E-state index is 12.7. The minimum atomic E-state index is -0.847. The first kappa shape index (κ1) is 16.2. The maximum Gasteiger partial charge on any atom is 0.308 e. The van der Waals surface area contributed by atoms with Crippen LogP contribution < -0.4 is 0 Å². The van der Waals surface area contributed by atoms with Gasteiger partial charge in [-0.05, 0) is 29.7 Å². The van der Waals surface area contributed by atoms with Crippen molar-refractivity contribution in [2.24, 2.45) is 5.92 Å². The summed E-state index contributed by atoms with van der Waals surface area (Å²) >= 11 is 0. The summed E-state index contributed by atoms with van der Waals surface area (Å²) < 4.78 is 0. The van der Waals surface area contributed by atoms with Crippen molar-refractivity contribution in [1.29, 1.82) is 0 Å². The molecule has 2 aromatic rings. The average Bonchev–Trinajstić information content (AvgIpc) is 3.07. The van der Waals surface area contributed by atoms with Gasteiger partial charge in [0.1, 0.15) is 0 Å². The second-order valence-corrected chi connectivity index (χ2v) is 6.22. The monoisotopic (exact) mass is 323 g/mol. The number of amides is 1. The van der Waals surface area contributed by atoms with E-state index in [4.69, 9.17) is 0 Å². The van der Waals surface area contributed by atoms with Crippen LogP contribution in [0.3, 0.4) is 0 Å². The fourth-order valence-corrected chi connectivity index (χ4v) is 3.32. The van der Waals surface area contributed by atoms with Gasteiger partial charge in [0.15, 0.2) is 0 Å². The average molecular weight is 323 g/mol. The van der Waals surface area contributed by atoms with Gasteiger partial charge in [0, 0.05) is 24.6 Å². The fraction of sp³-hybridized carbons (Fsp3) is 0.300. The van der Waals surface area contributed by atoms with E-state index >= 15 is 0 Å². The van der Waals surface area contributed by atoms with E-state index in [1.54, 1.807) is 4.90 Å². The molecule has 1 amide bonds. The number of hydrogen-bond acceptors (Lipinski definition) is 2. The van der Waals surface area contributed by atoms with Gasteiger partial charge in [-0.15, -0.1) is 0 Å². The van der Waals surface area contributed by atoms with E-state index in [0.717, 1.165) is 12.0 Å². The predicted octanol–water partition coefficient (Wildman–Crippen LogP) is 3.19. The van der Waals surface area contributed by atoms with E-state index < -0.39 is 11.9 Å². The van der Waals surface area contributed by atoms with Gasteiger partial charge in [0.05, 0.1) is 5.92 Å². The minimum Gasteiger partial charge on any atom is -0.481 e. The summed E-state index contributed by atoms with van der Waals surface area (Å²) in [4.78, 5) is 26.0. The van der Waals surface area contributed by atoms with E-state index in [1.165, 1.54) is 5.56 Å². The third kappa shape index (κ3) is 3.18. The number of rotatable bonds is 4. The first-order chi connectivity index (χ1) is 11.6. The highest BCUT2D eigenvalue weighted by Gasteiger charge is 2.40. The zero-order chi connectivity index (χ0) is 17.1. The Morgan fingerprint density at radius 3 is 2.29 bits per heavy atom. The van der Waals surface area contributed by atoms with Gasteiger partial charge < -0.3 is 10.0 Å². The van der Waals surface area contributed by atoms with Crippen LogP contribution in [0.4, 0.5) is 0 Å². The Kier molecular flexibility index (Phi) is 4.65. The molecule has 4 nitrogen and oxygen atoms in total. The van der Waals surface area contributed by atoms with Crippen LogP contribution in [-0.2, 0) is 11.2 Å². The maximum atomic E-state index is 12.7. The Balaban J connectivity index is 1.82. The molecule has 2 atom stereocenters. The summed E-state index contributed by atoms with van der Waals surface area (Å²) in [6, 6.07) is 17.1. The number of nitrogens with zero attached hydrogens (tertiary/aromatic N) is 1. The lowest BCUT2D eigenvalue weighted by Gasteiger charge is -2.17. The Hall–Kier alpha value is -2.62. The van der Waals surface area contributed by atoms with Crippen molar-refractivity contribution in [3.63, 3.8) is 0 Å². The van der Waals surface area contributed by atoms with Crippen LogP contribution in [0, 0.1) is 5.92 Å². The summed E-state index contributed by atoms with van der Waals surface area (Å²) in [7, 11) is 0. The van der Waals surface area contributed by atoms with Crippen molar-refractivity contribution in [1.82, 2.24) is 4.90 Å². The van der Waals surface area contributed by atoms with Crippen LogP contribution in [0.15, 0.2) is 54.6 Å². The van der Waals surface area contributed by atoms with Crippen LogP contribution in [0.5, 0.6) is 0 Å². The second-order valence-electron chi connectivity index (χ2n) is 6.22. The molecule has 0 saturated carbocycles. The Morgan fingerprint density at radius 2 is 1.71 bits per heavy atom. The molecule has 0 spiro atoms. The quantitative estimate of drug-likeness (QED) is 0.940. The molecular formula is C20H21NO3. The Morgan fingerprint density at radius 1 is 1.04 bits per heavy atom. The molecule has 2 aromatic carbocycles. The van der Waals surface area contributed by atoms with Crippen molar-refractivity contribution in [3.8, 4) is 0 Å². The van der Waals surface area contributed by atoms with Gasteiger partial charge in [-0.3, -0.25) is 9.59 Å². The molecule has 1 saturated heterocycles. The van der Waals surface area contributed by atoms with Gasteiger partial charge in [-0.1, -0.05) is 49.4 Å². The molecule has 124 valence electrons. The first-order valence-electron chi connectivity index (χ1n) is 8.26. The third-order valence-electron chi connectivity index (χ3n) is 4.76. The van der Waals surface area contributed by atoms with Crippen LogP contribution >= 0.6 is 0 Å². The molecule has 1 aliphatic rings. The second kappa shape index (κ2) is 6.87. The van der Waals surface area contributed by atoms with Crippen molar-refractivity contribution in [2.45, 2.75) is 19.3 Å². The summed E-state index contributed by atoms with van der Waals surface area (Å²) in [6.07, 6.45) is 0.926. The van der Waals surface area contributed by atoms with Gasteiger partial charge in [-0.2, -0.15) is 0 Å². The summed E-state index contributed by atoms with van der Waals surface area (Å²) in [5.74, 6) is -1.67. The number of aliphatic carboxylic acids is 1. The van der Waals surface area contributed by atoms with E-state index in [-0.39, 0.29) is 18.4 Å². The van der Waals surface area contributed by atoms with Gasteiger partial charge in [-0.25, -0.2) is 0 Å². The normalized spacial score (nSPS) is 20.1. The lowest BCUT2D eigenvalue weighted by molar-refractivity contribution is -0.141. The number of benzene rings is 2. The Labute approximate surface area is 141 Å². The van der Waals surface area contributed by atoms with E-state index in [9.17, 15) is 14.7 Å². The molecule has 24 heavy (non-hydrogen) atoms. The molecular weight excluding hydrogens is 302 g/mol. The summed E-state index contributed by atoms with van der Waals surface area (Å²) in [5.41, 5.74) is 2.77.